The van der Waals surface area contributed by atoms with Crippen molar-refractivity contribution in [2.24, 2.45) is 0 Å². The molecule has 0 fully saturated rings. The lowest BCUT2D eigenvalue weighted by atomic mass is 9.79. The monoisotopic (exact) mass is 317 g/mol. The lowest BCUT2D eigenvalue weighted by Gasteiger charge is -2.06. The largest absolute Gasteiger partial charge is 0.491 e. The Labute approximate surface area is 140 Å². The number of carbonyl (C=O) groups is 1. The molecule has 0 amide bonds. The molecular weight excluding hydrogens is 301 g/mol. The molecule has 0 bridgehead atoms. The van der Waals surface area contributed by atoms with Crippen LogP contribution in [-0.4, -0.2) is 22.5 Å². The van der Waals surface area contributed by atoms with Gasteiger partial charge in [-0.15, -0.1) is 0 Å². The van der Waals surface area contributed by atoms with Gasteiger partial charge in [0.1, 0.15) is 0 Å². The Morgan fingerprint density at radius 2 is 2.04 bits per heavy atom. The van der Waals surface area contributed by atoms with Crippen LogP contribution in [0.15, 0.2) is 60.9 Å². The zero-order valence-electron chi connectivity index (χ0n) is 13.3. The highest BCUT2D eigenvalue weighted by molar-refractivity contribution is 6.61. The van der Waals surface area contributed by atoms with Crippen LogP contribution in [0.25, 0.3) is 5.69 Å². The third-order valence-electron chi connectivity index (χ3n) is 4.44. The number of aromatic nitrogens is 1. The number of ketones is 1. The van der Waals surface area contributed by atoms with E-state index in [1.807, 2.05) is 72.4 Å². The maximum absolute atomic E-state index is 12.7. The number of hydrogen-bond acceptors (Lipinski definition) is 3. The third kappa shape index (κ3) is 2.48. The Kier molecular flexibility index (Phi) is 3.60. The van der Waals surface area contributed by atoms with Crippen molar-refractivity contribution in [2.45, 2.75) is 13.5 Å². The number of aryl methyl sites for hydroxylation is 1. The number of nitrogens with zero attached hydrogens (tertiary/aromatic N) is 1. The standard InChI is InChI=1S/C19H16BNO3/c1-13-4-2-3-5-17(13)19(22)14-8-9-21(11-14)16-7-6-15-12-24-20(23)18(15)10-16/h2-11,23H,12H2,1H3. The lowest BCUT2D eigenvalue weighted by Crippen LogP contribution is -2.28. The first kappa shape index (κ1) is 14.9. The Morgan fingerprint density at radius 1 is 1.21 bits per heavy atom. The summed E-state index contributed by atoms with van der Waals surface area (Å²) in [6, 6.07) is 15.2. The van der Waals surface area contributed by atoms with E-state index in [0.29, 0.717) is 17.7 Å². The van der Waals surface area contributed by atoms with Gasteiger partial charge in [-0.05, 0) is 41.7 Å². The first-order chi connectivity index (χ1) is 11.6. The summed E-state index contributed by atoms with van der Waals surface area (Å²) in [4.78, 5) is 12.7. The van der Waals surface area contributed by atoms with E-state index in [1.165, 1.54) is 0 Å². The average molecular weight is 317 g/mol. The number of benzene rings is 2. The number of hydrogen-bond donors (Lipinski definition) is 1. The van der Waals surface area contributed by atoms with E-state index in [4.69, 9.17) is 4.65 Å². The van der Waals surface area contributed by atoms with Gasteiger partial charge in [-0.1, -0.05) is 30.3 Å². The Balaban J connectivity index is 1.67. The van der Waals surface area contributed by atoms with Gasteiger partial charge >= 0.3 is 7.12 Å². The van der Waals surface area contributed by atoms with Crippen LogP contribution < -0.4 is 5.46 Å². The predicted molar refractivity (Wildman–Crippen MR) is 92.8 cm³/mol. The van der Waals surface area contributed by atoms with Gasteiger partial charge in [0.15, 0.2) is 5.78 Å². The normalized spacial score (nSPS) is 13.2. The molecule has 2 heterocycles. The SMILES string of the molecule is Cc1ccccc1C(=O)c1ccn(-c2ccc3c(c2)B(O)OC3)c1. The molecule has 4 nitrogen and oxygen atoms in total. The number of carbonyl (C=O) groups excluding carboxylic acids is 1. The van der Waals surface area contributed by atoms with E-state index in [2.05, 4.69) is 0 Å². The molecular formula is C19H16BNO3. The van der Waals surface area contributed by atoms with Gasteiger partial charge in [-0.3, -0.25) is 4.79 Å². The first-order valence-electron chi connectivity index (χ1n) is 7.85. The Morgan fingerprint density at radius 3 is 2.88 bits per heavy atom. The quantitative estimate of drug-likeness (QED) is 0.595. The molecule has 0 aliphatic carbocycles. The summed E-state index contributed by atoms with van der Waals surface area (Å²) in [5.74, 6) is 0.0105. The second kappa shape index (κ2) is 5.78. The third-order valence-corrected chi connectivity index (χ3v) is 4.44. The molecule has 1 N–H and O–H groups in total. The minimum atomic E-state index is -0.872. The first-order valence-corrected chi connectivity index (χ1v) is 7.85. The number of rotatable bonds is 3. The van der Waals surface area contributed by atoms with Crippen LogP contribution in [0.5, 0.6) is 0 Å². The molecule has 118 valence electrons. The molecule has 4 rings (SSSR count). The highest BCUT2D eigenvalue weighted by Crippen LogP contribution is 2.18. The van der Waals surface area contributed by atoms with Crippen LogP contribution in [0, 0.1) is 6.92 Å². The summed E-state index contributed by atoms with van der Waals surface area (Å²) < 4.78 is 7.11. The van der Waals surface area contributed by atoms with E-state index in [-0.39, 0.29) is 5.78 Å². The van der Waals surface area contributed by atoms with Gasteiger partial charge in [0.25, 0.3) is 0 Å². The van der Waals surface area contributed by atoms with Crippen molar-refractivity contribution in [3.63, 3.8) is 0 Å². The van der Waals surface area contributed by atoms with Gasteiger partial charge in [0.2, 0.25) is 0 Å². The molecule has 0 spiro atoms. The Hall–Kier alpha value is -2.63. The van der Waals surface area contributed by atoms with Crippen LogP contribution in [0.2, 0.25) is 0 Å². The zero-order valence-corrected chi connectivity index (χ0v) is 13.3. The second-order valence-corrected chi connectivity index (χ2v) is 6.00. The van der Waals surface area contributed by atoms with Crippen molar-refractivity contribution in [2.75, 3.05) is 0 Å². The molecule has 2 aromatic carbocycles. The number of fused-ring (bicyclic) bond motifs is 1. The summed E-state index contributed by atoms with van der Waals surface area (Å²) >= 11 is 0. The smallest absolute Gasteiger partial charge is 0.423 e. The minimum Gasteiger partial charge on any atom is -0.423 e. The van der Waals surface area contributed by atoms with Crippen LogP contribution in [0.1, 0.15) is 27.0 Å². The van der Waals surface area contributed by atoms with Gasteiger partial charge in [0, 0.05) is 29.2 Å². The van der Waals surface area contributed by atoms with Crippen molar-refractivity contribution in [1.82, 2.24) is 4.57 Å². The second-order valence-electron chi connectivity index (χ2n) is 6.00. The molecule has 24 heavy (non-hydrogen) atoms. The highest BCUT2D eigenvalue weighted by Gasteiger charge is 2.27. The molecule has 1 aliphatic heterocycles. The zero-order chi connectivity index (χ0) is 16.7. The van der Waals surface area contributed by atoms with E-state index in [1.54, 1.807) is 0 Å². The average Bonchev–Trinajstić information content (AvgIpc) is 3.22. The predicted octanol–water partition coefficient (Wildman–Crippen LogP) is 2.23. The lowest BCUT2D eigenvalue weighted by molar-refractivity contribution is 0.103. The van der Waals surface area contributed by atoms with E-state index in [9.17, 15) is 9.82 Å². The van der Waals surface area contributed by atoms with Crippen molar-refractivity contribution in [3.8, 4) is 5.69 Å². The minimum absolute atomic E-state index is 0.0105. The van der Waals surface area contributed by atoms with Crippen molar-refractivity contribution < 1.29 is 14.5 Å². The molecule has 0 saturated carbocycles. The van der Waals surface area contributed by atoms with Crippen molar-refractivity contribution in [3.05, 3.63) is 83.2 Å². The molecule has 1 aliphatic rings. The van der Waals surface area contributed by atoms with E-state index < -0.39 is 7.12 Å². The summed E-state index contributed by atoms with van der Waals surface area (Å²) in [6.07, 6.45) is 3.67. The van der Waals surface area contributed by atoms with Crippen LogP contribution in [0.4, 0.5) is 0 Å². The Bertz CT molecular complexity index is 932. The maximum atomic E-state index is 12.7. The summed E-state index contributed by atoms with van der Waals surface area (Å²) in [7, 11) is -0.872. The van der Waals surface area contributed by atoms with E-state index in [0.717, 1.165) is 22.3 Å². The molecule has 3 aromatic rings. The van der Waals surface area contributed by atoms with Gasteiger partial charge < -0.3 is 14.2 Å². The van der Waals surface area contributed by atoms with Crippen LogP contribution >= 0.6 is 0 Å². The molecule has 5 heteroatoms. The molecule has 0 atom stereocenters. The summed E-state index contributed by atoms with van der Waals surface area (Å²) in [6.45, 7) is 2.37. The fourth-order valence-corrected chi connectivity index (χ4v) is 3.04. The molecule has 1 aromatic heterocycles. The van der Waals surface area contributed by atoms with Gasteiger partial charge in [-0.2, -0.15) is 0 Å². The van der Waals surface area contributed by atoms with Crippen molar-refractivity contribution in [1.29, 1.82) is 0 Å². The van der Waals surface area contributed by atoms with Crippen LogP contribution in [0.3, 0.4) is 0 Å². The highest BCUT2D eigenvalue weighted by atomic mass is 16.5. The molecule has 0 unspecified atom stereocenters. The maximum Gasteiger partial charge on any atom is 0.491 e. The fraction of sp³-hybridized carbons (Fsp3) is 0.105. The fourth-order valence-electron chi connectivity index (χ4n) is 3.04. The van der Waals surface area contributed by atoms with Gasteiger partial charge in [0.05, 0.1) is 6.61 Å². The van der Waals surface area contributed by atoms with Crippen LogP contribution in [-0.2, 0) is 11.3 Å². The summed E-state index contributed by atoms with van der Waals surface area (Å²) in [5.41, 5.74) is 4.99. The van der Waals surface area contributed by atoms with Crippen molar-refractivity contribution >= 4 is 18.4 Å². The molecule has 0 saturated heterocycles. The topological polar surface area (TPSA) is 51.5 Å². The van der Waals surface area contributed by atoms with Gasteiger partial charge in [-0.25, -0.2) is 0 Å². The molecule has 0 radical (unpaired) electrons. The van der Waals surface area contributed by atoms with E-state index >= 15 is 0 Å². The summed E-state index contributed by atoms with van der Waals surface area (Å²) in [5, 5.41) is 9.84.